The van der Waals surface area contributed by atoms with Crippen LogP contribution < -0.4 is 4.74 Å². The van der Waals surface area contributed by atoms with Gasteiger partial charge in [0.2, 0.25) is 0 Å². The van der Waals surface area contributed by atoms with Gasteiger partial charge in [-0.2, -0.15) is 0 Å². The predicted molar refractivity (Wildman–Crippen MR) is 76.9 cm³/mol. The largest absolute Gasteiger partial charge is 0.423 e. The molecule has 0 N–H and O–H groups in total. The van der Waals surface area contributed by atoms with E-state index in [9.17, 15) is 9.59 Å². The van der Waals surface area contributed by atoms with Crippen molar-refractivity contribution in [3.63, 3.8) is 0 Å². The second-order valence-corrected chi connectivity index (χ2v) is 4.32. The highest BCUT2D eigenvalue weighted by molar-refractivity contribution is 6.11. The van der Waals surface area contributed by atoms with Crippen molar-refractivity contribution in [2.75, 3.05) is 0 Å². The summed E-state index contributed by atoms with van der Waals surface area (Å²) in [6.45, 7) is 5.29. The summed E-state index contributed by atoms with van der Waals surface area (Å²) < 4.78 is 5.08. The first-order valence-electron chi connectivity index (χ1n) is 6.16. The second-order valence-electron chi connectivity index (χ2n) is 4.32. The molecule has 0 spiro atoms. The van der Waals surface area contributed by atoms with E-state index in [2.05, 4.69) is 6.58 Å². The molecule has 0 aliphatic carbocycles. The number of hydrogen-bond acceptors (Lipinski definition) is 3. The first-order valence-corrected chi connectivity index (χ1v) is 6.16. The van der Waals surface area contributed by atoms with E-state index in [1.807, 2.05) is 19.1 Å². The number of benzene rings is 2. The van der Waals surface area contributed by atoms with Crippen LogP contribution in [0.25, 0.3) is 0 Å². The Morgan fingerprint density at radius 3 is 2.35 bits per heavy atom. The van der Waals surface area contributed by atoms with Gasteiger partial charge in [0.25, 0.3) is 0 Å². The molecule has 0 heterocycles. The highest BCUT2D eigenvalue weighted by atomic mass is 16.5. The summed E-state index contributed by atoms with van der Waals surface area (Å²) in [7, 11) is 0. The fourth-order valence-electron chi connectivity index (χ4n) is 1.75. The molecule has 0 radical (unpaired) electrons. The summed E-state index contributed by atoms with van der Waals surface area (Å²) >= 11 is 0. The molecule has 0 amide bonds. The van der Waals surface area contributed by atoms with Crippen molar-refractivity contribution in [1.82, 2.24) is 0 Å². The van der Waals surface area contributed by atoms with Crippen molar-refractivity contribution in [3.05, 3.63) is 77.9 Å². The van der Waals surface area contributed by atoms with Crippen LogP contribution in [0.15, 0.2) is 61.2 Å². The molecule has 0 aliphatic heterocycles. The quantitative estimate of drug-likeness (QED) is 0.369. The molecule has 3 heteroatoms. The smallest absolute Gasteiger partial charge is 0.335 e. The summed E-state index contributed by atoms with van der Waals surface area (Å²) in [5.41, 5.74) is 1.98. The van der Waals surface area contributed by atoms with Crippen molar-refractivity contribution in [3.8, 4) is 5.75 Å². The highest BCUT2D eigenvalue weighted by Gasteiger charge is 2.15. The first kappa shape index (κ1) is 13.7. The fourth-order valence-corrected chi connectivity index (χ4v) is 1.75. The van der Waals surface area contributed by atoms with Gasteiger partial charge >= 0.3 is 5.97 Å². The third kappa shape index (κ3) is 3.01. The number of para-hydroxylation sites is 1. The van der Waals surface area contributed by atoms with E-state index in [-0.39, 0.29) is 11.5 Å². The topological polar surface area (TPSA) is 43.4 Å². The summed E-state index contributed by atoms with van der Waals surface area (Å²) in [5.74, 6) is -0.533. The van der Waals surface area contributed by atoms with Gasteiger partial charge < -0.3 is 4.74 Å². The zero-order chi connectivity index (χ0) is 14.5. The van der Waals surface area contributed by atoms with E-state index in [1.54, 1.807) is 36.4 Å². The van der Waals surface area contributed by atoms with Crippen molar-refractivity contribution in [2.45, 2.75) is 6.92 Å². The molecule has 0 aliphatic rings. The minimum atomic E-state index is -0.589. The number of carbonyl (C=O) groups excluding carboxylic acids is 2. The zero-order valence-electron chi connectivity index (χ0n) is 11.1. The Hall–Kier alpha value is -2.68. The van der Waals surface area contributed by atoms with E-state index in [4.69, 9.17) is 4.74 Å². The molecule has 0 unspecified atom stereocenters. The maximum atomic E-state index is 12.4. The Morgan fingerprint density at radius 2 is 1.70 bits per heavy atom. The lowest BCUT2D eigenvalue weighted by molar-refractivity contribution is -0.128. The molecular formula is C17H14O3. The molecule has 0 atom stereocenters. The van der Waals surface area contributed by atoms with Crippen LogP contribution in [0.1, 0.15) is 21.5 Å². The van der Waals surface area contributed by atoms with Crippen LogP contribution in [0.5, 0.6) is 5.75 Å². The lowest BCUT2D eigenvalue weighted by Gasteiger charge is -2.08. The van der Waals surface area contributed by atoms with E-state index >= 15 is 0 Å². The molecule has 3 nitrogen and oxygen atoms in total. The number of hydrogen-bond donors (Lipinski definition) is 0. The Balaban J connectivity index is 2.36. The lowest BCUT2D eigenvalue weighted by atomic mass is 10.0. The van der Waals surface area contributed by atoms with E-state index in [0.717, 1.165) is 11.6 Å². The minimum Gasteiger partial charge on any atom is -0.423 e. The Kier molecular flexibility index (Phi) is 4.11. The van der Waals surface area contributed by atoms with E-state index < -0.39 is 5.97 Å². The summed E-state index contributed by atoms with van der Waals surface area (Å²) in [5, 5.41) is 0. The van der Waals surface area contributed by atoms with Gasteiger partial charge in [-0.3, -0.25) is 4.79 Å². The molecule has 0 bridgehead atoms. The van der Waals surface area contributed by atoms with Gasteiger partial charge in [-0.25, -0.2) is 4.79 Å². The van der Waals surface area contributed by atoms with Crippen LogP contribution in [-0.2, 0) is 4.79 Å². The summed E-state index contributed by atoms with van der Waals surface area (Å²) in [6, 6.07) is 13.9. The molecule has 2 aromatic carbocycles. The van der Waals surface area contributed by atoms with Gasteiger partial charge in [0, 0.05) is 11.6 Å². The van der Waals surface area contributed by atoms with Gasteiger partial charge in [-0.1, -0.05) is 48.5 Å². The van der Waals surface area contributed by atoms with Gasteiger partial charge in [0.05, 0.1) is 5.56 Å². The van der Waals surface area contributed by atoms with Crippen molar-refractivity contribution >= 4 is 11.8 Å². The highest BCUT2D eigenvalue weighted by Crippen LogP contribution is 2.22. The molecule has 2 rings (SSSR count). The van der Waals surface area contributed by atoms with Crippen LogP contribution in [0.2, 0.25) is 0 Å². The average Bonchev–Trinajstić information content (AvgIpc) is 2.48. The number of ketones is 1. The monoisotopic (exact) mass is 266 g/mol. The molecular weight excluding hydrogens is 252 g/mol. The first-order chi connectivity index (χ1) is 9.61. The molecule has 0 saturated heterocycles. The molecule has 100 valence electrons. The zero-order valence-corrected chi connectivity index (χ0v) is 11.1. The molecule has 0 aromatic heterocycles. The second kappa shape index (κ2) is 5.97. The maximum absolute atomic E-state index is 12.4. The summed E-state index contributed by atoms with van der Waals surface area (Å²) in [6.07, 6.45) is 1.06. The van der Waals surface area contributed by atoms with Crippen molar-refractivity contribution in [1.29, 1.82) is 0 Å². The average molecular weight is 266 g/mol. The predicted octanol–water partition coefficient (Wildman–Crippen LogP) is 3.32. The van der Waals surface area contributed by atoms with E-state index in [1.165, 1.54) is 0 Å². The lowest BCUT2D eigenvalue weighted by Crippen LogP contribution is -2.09. The van der Waals surface area contributed by atoms with Crippen molar-refractivity contribution < 1.29 is 14.3 Å². The van der Waals surface area contributed by atoms with Gasteiger partial charge in [0.1, 0.15) is 5.75 Å². The van der Waals surface area contributed by atoms with Crippen LogP contribution in [0.3, 0.4) is 0 Å². The maximum Gasteiger partial charge on any atom is 0.335 e. The van der Waals surface area contributed by atoms with Gasteiger partial charge in [-0.15, -0.1) is 0 Å². The van der Waals surface area contributed by atoms with Gasteiger partial charge in [0.15, 0.2) is 5.78 Å². The van der Waals surface area contributed by atoms with Crippen LogP contribution in [-0.4, -0.2) is 11.8 Å². The standard InChI is InChI=1S/C17H14O3/c1-3-16(18)20-15-7-5-4-6-14(15)17(19)13-10-8-12(2)9-11-13/h3-11H,1H2,2H3. The number of aryl methyl sites for hydroxylation is 1. The number of carbonyl (C=O) groups is 2. The minimum absolute atomic E-state index is 0.183. The summed E-state index contributed by atoms with van der Waals surface area (Å²) in [4.78, 5) is 23.7. The molecule has 2 aromatic rings. The van der Waals surface area contributed by atoms with Crippen LogP contribution in [0, 0.1) is 6.92 Å². The Morgan fingerprint density at radius 1 is 1.05 bits per heavy atom. The fraction of sp³-hybridized carbons (Fsp3) is 0.0588. The van der Waals surface area contributed by atoms with Crippen molar-refractivity contribution in [2.24, 2.45) is 0 Å². The van der Waals surface area contributed by atoms with E-state index in [0.29, 0.717) is 11.1 Å². The third-order valence-corrected chi connectivity index (χ3v) is 2.82. The van der Waals surface area contributed by atoms with Crippen LogP contribution >= 0.6 is 0 Å². The van der Waals surface area contributed by atoms with Gasteiger partial charge in [-0.05, 0) is 19.1 Å². The third-order valence-electron chi connectivity index (χ3n) is 2.82. The normalized spacial score (nSPS) is 9.85. The number of esters is 1. The molecule has 20 heavy (non-hydrogen) atoms. The molecule has 0 saturated carbocycles. The van der Waals surface area contributed by atoms with Crippen LogP contribution in [0.4, 0.5) is 0 Å². The molecule has 0 fully saturated rings. The Labute approximate surface area is 117 Å². The SMILES string of the molecule is C=CC(=O)Oc1ccccc1C(=O)c1ccc(C)cc1. The number of ether oxygens (including phenoxy) is 1. The Bertz CT molecular complexity index is 654. The number of rotatable bonds is 4.